The molecule has 0 spiro atoms. The summed E-state index contributed by atoms with van der Waals surface area (Å²) in [6.07, 6.45) is 9.26. The molecule has 2 heteroatoms. The number of hydrogen-bond donors (Lipinski definition) is 0. The van der Waals surface area contributed by atoms with E-state index in [1.54, 1.807) is 0 Å². The van der Waals surface area contributed by atoms with E-state index in [4.69, 9.17) is 4.66 Å². The van der Waals surface area contributed by atoms with E-state index in [-0.39, 0.29) is 5.41 Å². The standard InChI is InChI=1S/C29H39NSi/c1-8-10-22-12-14-24(15-13-22)18-21-26-27(25-19-16-23(11-9-2)17-20-25)31(6,7)30-28(26)29(3,4)5/h12-21H,8-11H2,1-7H3/b21-18+. The highest BCUT2D eigenvalue weighted by atomic mass is 28.3. The third kappa shape index (κ3) is 5.54. The second-order valence-electron chi connectivity index (χ2n) is 10.3. The molecule has 0 saturated carbocycles. The van der Waals surface area contributed by atoms with E-state index in [0.29, 0.717) is 0 Å². The molecule has 164 valence electrons. The van der Waals surface area contributed by atoms with Gasteiger partial charge in [0.2, 0.25) is 8.24 Å². The molecule has 0 atom stereocenters. The van der Waals surface area contributed by atoms with Crippen molar-refractivity contribution in [2.24, 2.45) is 10.1 Å². The molecule has 0 N–H and O–H groups in total. The van der Waals surface area contributed by atoms with Crippen LogP contribution in [0.5, 0.6) is 0 Å². The van der Waals surface area contributed by atoms with Gasteiger partial charge in [-0.1, -0.05) is 108 Å². The van der Waals surface area contributed by atoms with Crippen LogP contribution in [0, 0.1) is 5.41 Å². The lowest BCUT2D eigenvalue weighted by molar-refractivity contribution is 0.594. The topological polar surface area (TPSA) is 12.4 Å². The molecule has 1 aliphatic rings. The molecule has 3 rings (SSSR count). The van der Waals surface area contributed by atoms with Crippen LogP contribution in [0.2, 0.25) is 13.1 Å². The molecular weight excluding hydrogens is 390 g/mol. The zero-order valence-electron chi connectivity index (χ0n) is 20.5. The first kappa shape index (κ1) is 23.5. The number of allylic oxidation sites excluding steroid dienone is 2. The van der Waals surface area contributed by atoms with Crippen molar-refractivity contribution < 1.29 is 0 Å². The van der Waals surface area contributed by atoms with Gasteiger partial charge in [-0.15, -0.1) is 0 Å². The number of aryl methyl sites for hydroxylation is 2. The normalized spacial score (nSPS) is 16.3. The van der Waals surface area contributed by atoms with Gasteiger partial charge in [0.1, 0.15) is 0 Å². The lowest BCUT2D eigenvalue weighted by Gasteiger charge is -2.21. The largest absolute Gasteiger partial charge is 0.319 e. The van der Waals surface area contributed by atoms with Crippen molar-refractivity contribution in [1.82, 2.24) is 0 Å². The van der Waals surface area contributed by atoms with Crippen LogP contribution in [0.1, 0.15) is 69.7 Å². The first-order chi connectivity index (χ1) is 14.7. The van der Waals surface area contributed by atoms with E-state index in [1.165, 1.54) is 51.6 Å². The van der Waals surface area contributed by atoms with Gasteiger partial charge in [0.15, 0.2) is 0 Å². The van der Waals surface area contributed by atoms with Crippen LogP contribution in [0.15, 0.2) is 64.8 Å². The Labute approximate surface area is 191 Å². The van der Waals surface area contributed by atoms with Crippen LogP contribution in [-0.4, -0.2) is 13.9 Å². The zero-order valence-corrected chi connectivity index (χ0v) is 21.5. The average Bonchev–Trinajstić information content (AvgIpc) is 2.99. The molecule has 0 saturated heterocycles. The van der Waals surface area contributed by atoms with E-state index < -0.39 is 8.24 Å². The molecule has 0 unspecified atom stereocenters. The predicted molar refractivity (Wildman–Crippen MR) is 141 cm³/mol. The van der Waals surface area contributed by atoms with Gasteiger partial charge in [-0.2, -0.15) is 0 Å². The summed E-state index contributed by atoms with van der Waals surface area (Å²) in [4.78, 5) is 0. The molecule has 0 aliphatic carbocycles. The van der Waals surface area contributed by atoms with Gasteiger partial charge in [0.05, 0.1) is 0 Å². The van der Waals surface area contributed by atoms with Crippen molar-refractivity contribution >= 4 is 25.2 Å². The van der Waals surface area contributed by atoms with Gasteiger partial charge in [0, 0.05) is 11.1 Å². The highest BCUT2D eigenvalue weighted by Crippen LogP contribution is 2.41. The summed E-state index contributed by atoms with van der Waals surface area (Å²) in [5, 5.41) is 1.47. The summed E-state index contributed by atoms with van der Waals surface area (Å²) in [5.74, 6) is 0. The van der Waals surface area contributed by atoms with Crippen molar-refractivity contribution in [2.45, 2.75) is 73.4 Å². The molecule has 1 aliphatic heterocycles. The van der Waals surface area contributed by atoms with Gasteiger partial charge in [-0.3, -0.25) is 0 Å². The summed E-state index contributed by atoms with van der Waals surface area (Å²) in [6.45, 7) is 16.1. The summed E-state index contributed by atoms with van der Waals surface area (Å²) < 4.78 is 5.37. The van der Waals surface area contributed by atoms with Gasteiger partial charge < -0.3 is 4.66 Å². The second-order valence-corrected chi connectivity index (χ2v) is 14.2. The number of rotatable bonds is 7. The maximum absolute atomic E-state index is 5.37. The van der Waals surface area contributed by atoms with Crippen molar-refractivity contribution in [3.05, 3.63) is 82.4 Å². The fraction of sp³-hybridized carbons (Fsp3) is 0.414. The Morgan fingerprint density at radius 3 is 1.77 bits per heavy atom. The molecule has 31 heavy (non-hydrogen) atoms. The molecule has 0 amide bonds. The SMILES string of the molecule is CCCc1ccc(/C=C/C2=C(c3ccc(CCC)cc3)[Si](C)(C)N=C2C(C)(C)C)cc1. The van der Waals surface area contributed by atoms with E-state index in [1.807, 2.05) is 0 Å². The summed E-state index contributed by atoms with van der Waals surface area (Å²) in [7, 11) is -1.92. The second kappa shape index (κ2) is 9.52. The third-order valence-electron chi connectivity index (χ3n) is 5.98. The smallest absolute Gasteiger partial charge is 0.207 e. The Hall–Kier alpha value is -2.19. The summed E-state index contributed by atoms with van der Waals surface area (Å²) >= 11 is 0. The molecule has 0 fully saturated rings. The molecule has 0 aromatic heterocycles. The monoisotopic (exact) mass is 429 g/mol. The Morgan fingerprint density at radius 1 is 0.774 bits per heavy atom. The predicted octanol–water partition coefficient (Wildman–Crippen LogP) is 8.30. The number of nitrogens with zero attached hydrogens (tertiary/aromatic N) is 1. The fourth-order valence-electron chi connectivity index (χ4n) is 4.48. The maximum Gasteiger partial charge on any atom is 0.207 e. The number of hydrogen-bond acceptors (Lipinski definition) is 1. The fourth-order valence-corrected chi connectivity index (χ4v) is 7.34. The maximum atomic E-state index is 5.37. The third-order valence-corrected chi connectivity index (χ3v) is 8.54. The summed E-state index contributed by atoms with van der Waals surface area (Å²) in [6, 6.07) is 18.3. The molecule has 0 bridgehead atoms. The lowest BCUT2D eigenvalue weighted by atomic mass is 9.84. The lowest BCUT2D eigenvalue weighted by Crippen LogP contribution is -2.24. The van der Waals surface area contributed by atoms with Crippen LogP contribution >= 0.6 is 0 Å². The Kier molecular flexibility index (Phi) is 7.21. The first-order valence-corrected chi connectivity index (χ1v) is 14.8. The van der Waals surface area contributed by atoms with Crippen LogP contribution in [0.25, 0.3) is 11.3 Å². The Morgan fingerprint density at radius 2 is 1.29 bits per heavy atom. The first-order valence-electron chi connectivity index (χ1n) is 11.9. The van der Waals surface area contributed by atoms with Crippen molar-refractivity contribution in [3.8, 4) is 0 Å². The quantitative estimate of drug-likeness (QED) is 0.392. The molecular formula is C29H39NSi. The van der Waals surface area contributed by atoms with Crippen molar-refractivity contribution in [3.63, 3.8) is 0 Å². The molecule has 2 aromatic carbocycles. The minimum absolute atomic E-state index is 0.0266. The molecule has 2 aromatic rings. The highest BCUT2D eigenvalue weighted by molar-refractivity contribution is 6.96. The highest BCUT2D eigenvalue weighted by Gasteiger charge is 2.40. The van der Waals surface area contributed by atoms with E-state index in [2.05, 4.69) is 108 Å². The van der Waals surface area contributed by atoms with Crippen molar-refractivity contribution in [1.29, 1.82) is 0 Å². The zero-order chi connectivity index (χ0) is 22.6. The van der Waals surface area contributed by atoms with Crippen LogP contribution < -0.4 is 0 Å². The van der Waals surface area contributed by atoms with Crippen LogP contribution in [-0.2, 0) is 12.8 Å². The average molecular weight is 430 g/mol. The van der Waals surface area contributed by atoms with Crippen molar-refractivity contribution in [2.75, 3.05) is 0 Å². The number of benzene rings is 2. The minimum Gasteiger partial charge on any atom is -0.319 e. The van der Waals surface area contributed by atoms with E-state index in [0.717, 1.165) is 12.8 Å². The van der Waals surface area contributed by atoms with Gasteiger partial charge in [-0.05, 0) is 59.0 Å². The minimum atomic E-state index is -1.92. The van der Waals surface area contributed by atoms with Gasteiger partial charge in [0.25, 0.3) is 0 Å². The van der Waals surface area contributed by atoms with Crippen LogP contribution in [0.3, 0.4) is 0 Å². The molecule has 1 heterocycles. The Bertz CT molecular complexity index is 981. The van der Waals surface area contributed by atoms with E-state index in [9.17, 15) is 0 Å². The summed E-state index contributed by atoms with van der Waals surface area (Å²) in [5.41, 5.74) is 8.06. The molecule has 0 radical (unpaired) electrons. The van der Waals surface area contributed by atoms with E-state index >= 15 is 0 Å². The van der Waals surface area contributed by atoms with Gasteiger partial charge >= 0.3 is 0 Å². The van der Waals surface area contributed by atoms with Gasteiger partial charge in [-0.25, -0.2) is 0 Å². The molecule has 1 nitrogen and oxygen atoms in total. The van der Waals surface area contributed by atoms with Crippen LogP contribution in [0.4, 0.5) is 0 Å². The Balaban J connectivity index is 2.05.